The summed E-state index contributed by atoms with van der Waals surface area (Å²) < 4.78 is 4.89. The van der Waals surface area contributed by atoms with Gasteiger partial charge in [-0.25, -0.2) is 0 Å². The lowest BCUT2D eigenvalue weighted by Crippen LogP contribution is -2.46. The molecule has 0 saturated carbocycles. The van der Waals surface area contributed by atoms with E-state index in [1.807, 2.05) is 24.3 Å². The molecule has 2 N–H and O–H groups in total. The molecule has 0 unspecified atom stereocenters. The van der Waals surface area contributed by atoms with E-state index in [0.29, 0.717) is 24.4 Å². The predicted molar refractivity (Wildman–Crippen MR) is 89.0 cm³/mol. The van der Waals surface area contributed by atoms with Crippen LogP contribution in [0.4, 0.5) is 5.69 Å². The number of amides is 2. The maximum absolute atomic E-state index is 12.5. The number of hydrogen-bond donors (Lipinski definition) is 2. The molecular formula is C17H21N3O3. The average molecular weight is 315 g/mol. The maximum atomic E-state index is 12.5. The summed E-state index contributed by atoms with van der Waals surface area (Å²) in [6.07, 6.45) is 1.67. The number of hydrogen-bond acceptors (Lipinski definition) is 4. The Balaban J connectivity index is 2.15. The molecule has 1 aromatic heterocycles. The van der Waals surface area contributed by atoms with E-state index in [-0.39, 0.29) is 11.8 Å². The number of para-hydroxylation sites is 1. The van der Waals surface area contributed by atoms with Crippen LogP contribution >= 0.6 is 0 Å². The average Bonchev–Trinajstić information content (AvgIpc) is 2.55. The fraction of sp³-hybridized carbons (Fsp3) is 0.353. The lowest BCUT2D eigenvalue weighted by Gasteiger charge is -2.23. The van der Waals surface area contributed by atoms with Crippen molar-refractivity contribution in [3.8, 4) is 0 Å². The molecule has 122 valence electrons. The number of nitrogens with one attached hydrogen (secondary N) is 2. The van der Waals surface area contributed by atoms with E-state index in [4.69, 9.17) is 4.74 Å². The summed E-state index contributed by atoms with van der Waals surface area (Å²) in [5.74, 6) is -0.731. The number of anilines is 1. The highest BCUT2D eigenvalue weighted by Crippen LogP contribution is 2.24. The Hall–Kier alpha value is -2.47. The van der Waals surface area contributed by atoms with Gasteiger partial charge in [0, 0.05) is 25.2 Å². The maximum Gasteiger partial charge on any atom is 0.239 e. The largest absolute Gasteiger partial charge is 0.383 e. The lowest BCUT2D eigenvalue weighted by atomic mass is 9.91. The summed E-state index contributed by atoms with van der Waals surface area (Å²) in [5.41, 5.74) is 0.0785. The van der Waals surface area contributed by atoms with Crippen LogP contribution in [0.1, 0.15) is 13.8 Å². The van der Waals surface area contributed by atoms with Crippen LogP contribution in [-0.2, 0) is 14.3 Å². The van der Waals surface area contributed by atoms with Crippen LogP contribution in [0.15, 0.2) is 36.5 Å². The first kappa shape index (κ1) is 16.9. The van der Waals surface area contributed by atoms with E-state index < -0.39 is 5.41 Å². The quantitative estimate of drug-likeness (QED) is 0.631. The molecule has 0 aliphatic rings. The Kier molecular flexibility index (Phi) is 5.28. The van der Waals surface area contributed by atoms with Gasteiger partial charge in [0.05, 0.1) is 17.8 Å². The van der Waals surface area contributed by atoms with Crippen molar-refractivity contribution in [3.63, 3.8) is 0 Å². The molecule has 2 amide bonds. The van der Waals surface area contributed by atoms with E-state index in [0.717, 1.165) is 5.39 Å². The predicted octanol–water partition coefficient (Wildman–Crippen LogP) is 1.96. The summed E-state index contributed by atoms with van der Waals surface area (Å²) in [4.78, 5) is 29.0. The molecule has 0 saturated heterocycles. The summed E-state index contributed by atoms with van der Waals surface area (Å²) >= 11 is 0. The number of rotatable bonds is 6. The number of benzene rings is 1. The minimum absolute atomic E-state index is 0.347. The zero-order valence-electron chi connectivity index (χ0n) is 13.6. The van der Waals surface area contributed by atoms with E-state index in [9.17, 15) is 9.59 Å². The molecular weight excluding hydrogens is 294 g/mol. The Morgan fingerprint density at radius 1 is 1.17 bits per heavy atom. The van der Waals surface area contributed by atoms with Crippen LogP contribution in [0.25, 0.3) is 10.9 Å². The third-order valence-electron chi connectivity index (χ3n) is 3.61. The number of methoxy groups -OCH3 is 1. The van der Waals surface area contributed by atoms with Crippen molar-refractivity contribution in [2.75, 3.05) is 25.6 Å². The van der Waals surface area contributed by atoms with Crippen LogP contribution in [0, 0.1) is 5.41 Å². The van der Waals surface area contributed by atoms with Crippen molar-refractivity contribution < 1.29 is 14.3 Å². The van der Waals surface area contributed by atoms with E-state index in [2.05, 4.69) is 15.6 Å². The van der Waals surface area contributed by atoms with Gasteiger partial charge < -0.3 is 15.4 Å². The number of nitrogens with zero attached hydrogens (tertiary/aromatic N) is 1. The molecule has 2 aromatic rings. The van der Waals surface area contributed by atoms with Gasteiger partial charge >= 0.3 is 0 Å². The highest BCUT2D eigenvalue weighted by atomic mass is 16.5. The molecule has 2 rings (SSSR count). The molecule has 23 heavy (non-hydrogen) atoms. The monoisotopic (exact) mass is 315 g/mol. The highest BCUT2D eigenvalue weighted by molar-refractivity contribution is 6.12. The first-order valence-electron chi connectivity index (χ1n) is 7.39. The van der Waals surface area contributed by atoms with E-state index in [1.54, 1.807) is 33.2 Å². The number of carbonyl (C=O) groups is 2. The third kappa shape index (κ3) is 3.84. The van der Waals surface area contributed by atoms with Crippen molar-refractivity contribution >= 4 is 28.4 Å². The summed E-state index contributed by atoms with van der Waals surface area (Å²) in [7, 11) is 1.55. The SMILES string of the molecule is COCCNC(=O)C(C)(C)C(=O)Nc1cccc2cccnc12. The van der Waals surface area contributed by atoms with Gasteiger partial charge in [0.2, 0.25) is 11.8 Å². The van der Waals surface area contributed by atoms with Crippen LogP contribution < -0.4 is 10.6 Å². The molecule has 0 aliphatic heterocycles. The molecule has 0 radical (unpaired) electrons. The zero-order valence-corrected chi connectivity index (χ0v) is 13.6. The lowest BCUT2D eigenvalue weighted by molar-refractivity contribution is -0.138. The Morgan fingerprint density at radius 3 is 2.65 bits per heavy atom. The summed E-state index contributed by atoms with van der Waals surface area (Å²) in [6, 6.07) is 9.28. The fourth-order valence-corrected chi connectivity index (χ4v) is 2.07. The number of fused-ring (bicyclic) bond motifs is 1. The van der Waals surface area contributed by atoms with Gasteiger partial charge in [-0.05, 0) is 26.0 Å². The second-order valence-corrected chi connectivity index (χ2v) is 5.71. The fourth-order valence-electron chi connectivity index (χ4n) is 2.07. The van der Waals surface area contributed by atoms with Gasteiger partial charge in [-0.1, -0.05) is 18.2 Å². The summed E-state index contributed by atoms with van der Waals surface area (Å²) in [6.45, 7) is 3.94. The number of pyridine rings is 1. The Labute approximate surface area is 135 Å². The molecule has 0 bridgehead atoms. The Bertz CT molecular complexity index is 708. The molecule has 6 nitrogen and oxygen atoms in total. The molecule has 1 heterocycles. The van der Waals surface area contributed by atoms with Crippen molar-refractivity contribution in [1.82, 2.24) is 10.3 Å². The van der Waals surface area contributed by atoms with Crippen molar-refractivity contribution in [2.24, 2.45) is 5.41 Å². The highest BCUT2D eigenvalue weighted by Gasteiger charge is 2.36. The van der Waals surface area contributed by atoms with Crippen LogP contribution in [-0.4, -0.2) is 37.1 Å². The van der Waals surface area contributed by atoms with Gasteiger partial charge in [-0.3, -0.25) is 14.6 Å². The molecule has 0 fully saturated rings. The van der Waals surface area contributed by atoms with Crippen molar-refractivity contribution in [1.29, 1.82) is 0 Å². The van der Waals surface area contributed by atoms with Gasteiger partial charge in [-0.15, -0.1) is 0 Å². The van der Waals surface area contributed by atoms with Crippen LogP contribution in [0.5, 0.6) is 0 Å². The minimum Gasteiger partial charge on any atom is -0.383 e. The molecule has 0 atom stereocenters. The third-order valence-corrected chi connectivity index (χ3v) is 3.61. The summed E-state index contributed by atoms with van der Waals surface area (Å²) in [5, 5.41) is 6.41. The zero-order chi connectivity index (χ0) is 16.9. The van der Waals surface area contributed by atoms with Gasteiger partial charge in [-0.2, -0.15) is 0 Å². The molecule has 0 aliphatic carbocycles. The van der Waals surface area contributed by atoms with Crippen LogP contribution in [0.2, 0.25) is 0 Å². The first-order chi connectivity index (χ1) is 11.0. The standard InChI is InChI=1S/C17H21N3O3/c1-17(2,15(21)19-10-11-23-3)16(22)20-13-8-4-6-12-7-5-9-18-14(12)13/h4-9H,10-11H2,1-3H3,(H,19,21)(H,20,22). The number of aromatic nitrogens is 1. The molecule has 6 heteroatoms. The normalized spacial score (nSPS) is 11.3. The second-order valence-electron chi connectivity index (χ2n) is 5.71. The first-order valence-corrected chi connectivity index (χ1v) is 7.39. The minimum atomic E-state index is -1.20. The topological polar surface area (TPSA) is 80.3 Å². The van der Waals surface area contributed by atoms with E-state index >= 15 is 0 Å². The van der Waals surface area contributed by atoms with E-state index in [1.165, 1.54) is 0 Å². The van der Waals surface area contributed by atoms with Gasteiger partial charge in [0.25, 0.3) is 0 Å². The molecule has 1 aromatic carbocycles. The van der Waals surface area contributed by atoms with Gasteiger partial charge in [0.1, 0.15) is 5.41 Å². The smallest absolute Gasteiger partial charge is 0.239 e. The van der Waals surface area contributed by atoms with Crippen LogP contribution in [0.3, 0.4) is 0 Å². The number of ether oxygens (including phenoxy) is 1. The van der Waals surface area contributed by atoms with Gasteiger partial charge in [0.15, 0.2) is 0 Å². The second kappa shape index (κ2) is 7.19. The van der Waals surface area contributed by atoms with Crippen molar-refractivity contribution in [2.45, 2.75) is 13.8 Å². The Morgan fingerprint density at radius 2 is 1.91 bits per heavy atom. The number of carbonyl (C=O) groups excluding carboxylic acids is 2. The molecule has 0 spiro atoms. The van der Waals surface area contributed by atoms with Crippen molar-refractivity contribution in [3.05, 3.63) is 36.5 Å².